The molecule has 2 aromatic carbocycles. The monoisotopic (exact) mass is 497 g/mol. The number of hydrogen-bond donors (Lipinski definition) is 3. The predicted molar refractivity (Wildman–Crippen MR) is 141 cm³/mol. The smallest absolute Gasteiger partial charge is 0.253 e. The van der Waals surface area contributed by atoms with E-state index in [1.165, 1.54) is 0 Å². The first-order valence-corrected chi connectivity index (χ1v) is 12.7. The molecular formula is C29H31N5O3. The lowest BCUT2D eigenvalue weighted by atomic mass is 9.95. The maximum atomic E-state index is 13.0. The Bertz CT molecular complexity index is 1290. The highest BCUT2D eigenvalue weighted by Crippen LogP contribution is 2.38. The summed E-state index contributed by atoms with van der Waals surface area (Å²) in [4.78, 5) is 44.2. The summed E-state index contributed by atoms with van der Waals surface area (Å²) in [5.41, 5.74) is 8.47. The van der Waals surface area contributed by atoms with Crippen molar-refractivity contribution in [1.82, 2.24) is 15.6 Å². The number of piperidine rings is 1. The Kier molecular flexibility index (Phi) is 6.90. The number of fused-ring (bicyclic) bond motifs is 2. The summed E-state index contributed by atoms with van der Waals surface area (Å²) in [6.45, 7) is 2.22. The standard InChI is InChI=1S/C29H31N5O3/c1-18-24(27(30)35)8-5-9-25(18)29(37)33-21-14-22-11-12-23(15-21)34(22)26-13-10-20(17-31-26)28(36)32-16-19-6-3-2-4-7-19/h2-10,13,17,21-23H,11-12,14-16H2,1H3,(H2,30,35)(H,32,36)(H,33,37)/t21-,22+,23-. The zero-order valence-corrected chi connectivity index (χ0v) is 20.8. The SMILES string of the molecule is Cc1c(C(N)=O)cccc1C(=O)N[C@H]1C[C@H]2CC[C@@H](C1)N2c1ccc(C(=O)NCc2ccccc2)cn1. The molecule has 2 fully saturated rings. The molecule has 0 aliphatic carbocycles. The van der Waals surface area contributed by atoms with Gasteiger partial charge in [-0.2, -0.15) is 0 Å². The molecule has 0 spiro atoms. The fourth-order valence-corrected chi connectivity index (χ4v) is 5.63. The van der Waals surface area contributed by atoms with E-state index in [1.54, 1.807) is 31.3 Å². The first-order valence-electron chi connectivity index (χ1n) is 12.7. The number of aromatic nitrogens is 1. The number of benzene rings is 2. The Morgan fingerprint density at radius 2 is 1.62 bits per heavy atom. The minimum atomic E-state index is -0.536. The number of pyridine rings is 1. The number of hydrogen-bond acceptors (Lipinski definition) is 5. The Morgan fingerprint density at radius 3 is 2.27 bits per heavy atom. The first kappa shape index (κ1) is 24.5. The molecular weight excluding hydrogens is 466 g/mol. The van der Waals surface area contributed by atoms with E-state index in [9.17, 15) is 14.4 Å². The lowest BCUT2D eigenvalue weighted by Crippen LogP contribution is -2.51. The highest BCUT2D eigenvalue weighted by molar-refractivity contribution is 6.01. The van der Waals surface area contributed by atoms with Crippen LogP contribution in [0.25, 0.3) is 0 Å². The Labute approximate surface area is 216 Å². The zero-order chi connectivity index (χ0) is 25.9. The quantitative estimate of drug-likeness (QED) is 0.463. The molecule has 2 aliphatic rings. The maximum Gasteiger partial charge on any atom is 0.253 e. The van der Waals surface area contributed by atoms with Gasteiger partial charge in [0.05, 0.1) is 5.56 Å². The molecule has 5 rings (SSSR count). The lowest BCUT2D eigenvalue weighted by Gasteiger charge is -2.40. The van der Waals surface area contributed by atoms with Crippen LogP contribution in [0.15, 0.2) is 66.9 Å². The lowest BCUT2D eigenvalue weighted by molar-refractivity contribution is 0.0924. The molecule has 0 saturated carbocycles. The number of amides is 3. The molecule has 8 nitrogen and oxygen atoms in total. The van der Waals surface area contributed by atoms with Crippen molar-refractivity contribution in [3.63, 3.8) is 0 Å². The molecule has 0 radical (unpaired) electrons. The fraction of sp³-hybridized carbons (Fsp3) is 0.310. The summed E-state index contributed by atoms with van der Waals surface area (Å²) in [6.07, 6.45) is 5.34. The van der Waals surface area contributed by atoms with Gasteiger partial charge in [-0.3, -0.25) is 14.4 Å². The van der Waals surface area contributed by atoms with Crippen LogP contribution in [0.4, 0.5) is 5.82 Å². The number of anilines is 1. The summed E-state index contributed by atoms with van der Waals surface area (Å²) in [5, 5.41) is 6.11. The van der Waals surface area contributed by atoms with Gasteiger partial charge >= 0.3 is 0 Å². The second-order valence-electron chi connectivity index (χ2n) is 9.85. The molecule has 0 unspecified atom stereocenters. The molecule has 2 bridgehead atoms. The van der Waals surface area contributed by atoms with Crippen LogP contribution in [0.5, 0.6) is 0 Å². The number of primary amides is 1. The van der Waals surface area contributed by atoms with Gasteiger partial charge in [0.1, 0.15) is 5.82 Å². The van der Waals surface area contributed by atoms with Gasteiger partial charge in [-0.25, -0.2) is 4.98 Å². The van der Waals surface area contributed by atoms with Crippen LogP contribution in [0.3, 0.4) is 0 Å². The molecule has 2 saturated heterocycles. The van der Waals surface area contributed by atoms with Gasteiger partial charge in [0.2, 0.25) is 5.91 Å². The zero-order valence-electron chi connectivity index (χ0n) is 20.8. The van der Waals surface area contributed by atoms with E-state index in [0.717, 1.165) is 37.1 Å². The van der Waals surface area contributed by atoms with Crippen LogP contribution in [0, 0.1) is 6.92 Å². The van der Waals surface area contributed by atoms with Gasteiger partial charge in [0.15, 0.2) is 0 Å². The molecule has 3 atom stereocenters. The number of nitrogens with one attached hydrogen (secondary N) is 2. The second-order valence-corrected chi connectivity index (χ2v) is 9.85. The van der Waals surface area contributed by atoms with Crippen molar-refractivity contribution < 1.29 is 14.4 Å². The second kappa shape index (κ2) is 10.4. The molecule has 3 aromatic rings. The third-order valence-electron chi connectivity index (χ3n) is 7.48. The van der Waals surface area contributed by atoms with Crippen molar-refractivity contribution in [2.45, 2.75) is 57.3 Å². The average Bonchev–Trinajstić information content (AvgIpc) is 3.17. The van der Waals surface area contributed by atoms with Gasteiger partial charge in [0.25, 0.3) is 11.8 Å². The topological polar surface area (TPSA) is 117 Å². The van der Waals surface area contributed by atoms with E-state index in [1.807, 2.05) is 42.5 Å². The molecule has 3 heterocycles. The van der Waals surface area contributed by atoms with E-state index in [0.29, 0.717) is 28.8 Å². The van der Waals surface area contributed by atoms with Crippen LogP contribution < -0.4 is 21.3 Å². The highest BCUT2D eigenvalue weighted by Gasteiger charge is 2.42. The molecule has 8 heteroatoms. The first-order chi connectivity index (χ1) is 17.9. The van der Waals surface area contributed by atoms with Crippen LogP contribution in [0.1, 0.15) is 67.9 Å². The van der Waals surface area contributed by atoms with Gasteiger partial charge in [-0.05, 0) is 68.0 Å². The number of carbonyl (C=O) groups is 3. The van der Waals surface area contributed by atoms with E-state index < -0.39 is 5.91 Å². The molecule has 4 N–H and O–H groups in total. The minimum Gasteiger partial charge on any atom is -0.366 e. The van der Waals surface area contributed by atoms with Crippen molar-refractivity contribution in [1.29, 1.82) is 0 Å². The van der Waals surface area contributed by atoms with Gasteiger partial charge in [-0.15, -0.1) is 0 Å². The van der Waals surface area contributed by atoms with Crippen molar-refractivity contribution in [3.05, 3.63) is 94.7 Å². The molecule has 2 aliphatic heterocycles. The Morgan fingerprint density at radius 1 is 0.919 bits per heavy atom. The van der Waals surface area contributed by atoms with Crippen molar-refractivity contribution >= 4 is 23.5 Å². The van der Waals surface area contributed by atoms with E-state index in [4.69, 9.17) is 5.73 Å². The predicted octanol–water partition coefficient (Wildman–Crippen LogP) is 3.35. The summed E-state index contributed by atoms with van der Waals surface area (Å²) >= 11 is 0. The van der Waals surface area contributed by atoms with Crippen LogP contribution in [-0.2, 0) is 6.54 Å². The van der Waals surface area contributed by atoms with E-state index in [-0.39, 0.29) is 29.9 Å². The largest absolute Gasteiger partial charge is 0.366 e. The van der Waals surface area contributed by atoms with Crippen molar-refractivity contribution in [2.75, 3.05) is 4.90 Å². The van der Waals surface area contributed by atoms with Crippen molar-refractivity contribution in [3.8, 4) is 0 Å². The normalized spacial score (nSPS) is 20.4. The van der Waals surface area contributed by atoms with Gasteiger partial charge < -0.3 is 21.3 Å². The van der Waals surface area contributed by atoms with Crippen LogP contribution in [0.2, 0.25) is 0 Å². The maximum absolute atomic E-state index is 13.0. The minimum absolute atomic E-state index is 0.0425. The molecule has 3 amide bonds. The Hall–Kier alpha value is -4.20. The number of carbonyl (C=O) groups excluding carboxylic acids is 3. The number of nitrogens with two attached hydrogens (primary N) is 1. The van der Waals surface area contributed by atoms with Gasteiger partial charge in [-0.1, -0.05) is 36.4 Å². The average molecular weight is 498 g/mol. The Balaban J connectivity index is 1.20. The number of nitrogens with zero attached hydrogens (tertiary/aromatic N) is 2. The summed E-state index contributed by atoms with van der Waals surface area (Å²) in [7, 11) is 0. The highest BCUT2D eigenvalue weighted by atomic mass is 16.2. The summed E-state index contributed by atoms with van der Waals surface area (Å²) < 4.78 is 0. The third-order valence-corrected chi connectivity index (χ3v) is 7.48. The van der Waals surface area contributed by atoms with Gasteiger partial charge in [0, 0.05) is 42.0 Å². The molecule has 1 aromatic heterocycles. The van der Waals surface area contributed by atoms with Crippen LogP contribution >= 0.6 is 0 Å². The summed E-state index contributed by atoms with van der Waals surface area (Å²) in [5.74, 6) is -0.00183. The van der Waals surface area contributed by atoms with E-state index >= 15 is 0 Å². The number of rotatable bonds is 7. The third kappa shape index (κ3) is 5.18. The van der Waals surface area contributed by atoms with E-state index in [2.05, 4.69) is 20.5 Å². The van der Waals surface area contributed by atoms with Crippen molar-refractivity contribution in [2.24, 2.45) is 5.73 Å². The molecule has 190 valence electrons. The summed E-state index contributed by atoms with van der Waals surface area (Å²) in [6, 6.07) is 19.2. The molecule has 37 heavy (non-hydrogen) atoms. The van der Waals surface area contributed by atoms with Crippen LogP contribution in [-0.4, -0.2) is 40.8 Å². The fourth-order valence-electron chi connectivity index (χ4n) is 5.63.